The minimum absolute atomic E-state index is 1.09. The first-order valence-electron chi connectivity index (χ1n) is 7.10. The molecule has 0 atom stereocenters. The van der Waals surface area contributed by atoms with E-state index in [1.54, 1.807) is 0 Å². The summed E-state index contributed by atoms with van der Waals surface area (Å²) in [5.74, 6) is 0. The SMILES string of the molecule is Cc1ccc2c(c1)c1cc(Br)ccc1n2-c1ccc(Br)cc1. The Balaban J connectivity index is 2.17. The van der Waals surface area contributed by atoms with E-state index in [4.69, 9.17) is 0 Å². The van der Waals surface area contributed by atoms with Gasteiger partial charge in [0.05, 0.1) is 11.0 Å². The Morgan fingerprint density at radius 2 is 1.27 bits per heavy atom. The number of hydrogen-bond donors (Lipinski definition) is 0. The summed E-state index contributed by atoms with van der Waals surface area (Å²) in [7, 11) is 0. The van der Waals surface area contributed by atoms with Crippen molar-refractivity contribution in [1.82, 2.24) is 4.57 Å². The Bertz CT molecular complexity index is 938. The monoisotopic (exact) mass is 413 g/mol. The first-order valence-corrected chi connectivity index (χ1v) is 8.68. The second-order valence-corrected chi connectivity index (χ2v) is 7.33. The highest BCUT2D eigenvalue weighted by Gasteiger charge is 2.12. The molecule has 1 nitrogen and oxygen atoms in total. The largest absolute Gasteiger partial charge is 0.309 e. The standard InChI is InChI=1S/C19H13Br2N/c1-12-2-8-18-16(10-12)17-11-14(21)5-9-19(17)22(18)15-6-3-13(20)4-7-15/h2-11H,1H3. The fourth-order valence-corrected chi connectivity index (χ4v) is 3.60. The zero-order valence-corrected chi connectivity index (χ0v) is 15.1. The van der Waals surface area contributed by atoms with E-state index in [0.29, 0.717) is 0 Å². The molecular weight excluding hydrogens is 402 g/mol. The molecular formula is C19H13Br2N. The number of hydrogen-bond acceptors (Lipinski definition) is 0. The molecule has 108 valence electrons. The third-order valence-corrected chi connectivity index (χ3v) is 4.99. The second kappa shape index (κ2) is 5.25. The zero-order chi connectivity index (χ0) is 15.3. The molecule has 0 N–H and O–H groups in total. The Morgan fingerprint density at radius 3 is 2.00 bits per heavy atom. The molecule has 0 saturated carbocycles. The molecule has 0 aliphatic rings. The topological polar surface area (TPSA) is 4.93 Å². The van der Waals surface area contributed by atoms with E-state index in [1.807, 2.05) is 0 Å². The Hall–Kier alpha value is -1.58. The average molecular weight is 415 g/mol. The number of aromatic nitrogens is 1. The normalized spacial score (nSPS) is 11.4. The highest BCUT2D eigenvalue weighted by molar-refractivity contribution is 9.10. The molecule has 0 unspecified atom stereocenters. The summed E-state index contributed by atoms with van der Waals surface area (Å²) in [4.78, 5) is 0. The van der Waals surface area contributed by atoms with Crippen LogP contribution in [0.3, 0.4) is 0 Å². The smallest absolute Gasteiger partial charge is 0.0541 e. The van der Waals surface area contributed by atoms with Crippen molar-refractivity contribution in [2.75, 3.05) is 0 Å². The predicted octanol–water partition coefficient (Wildman–Crippen LogP) is 6.62. The van der Waals surface area contributed by atoms with Gasteiger partial charge in [-0.1, -0.05) is 43.5 Å². The highest BCUT2D eigenvalue weighted by atomic mass is 79.9. The van der Waals surface area contributed by atoms with Crippen LogP contribution < -0.4 is 0 Å². The number of fused-ring (bicyclic) bond motifs is 3. The van der Waals surface area contributed by atoms with Crippen LogP contribution in [-0.4, -0.2) is 4.57 Å². The molecule has 0 aliphatic carbocycles. The average Bonchev–Trinajstić information content (AvgIpc) is 2.81. The Labute approximate surface area is 145 Å². The minimum atomic E-state index is 1.09. The van der Waals surface area contributed by atoms with Gasteiger partial charge in [0.25, 0.3) is 0 Å². The van der Waals surface area contributed by atoms with Crippen LogP contribution in [0, 0.1) is 6.92 Å². The summed E-state index contributed by atoms with van der Waals surface area (Å²) < 4.78 is 4.52. The molecule has 0 saturated heterocycles. The first kappa shape index (κ1) is 14.0. The highest BCUT2D eigenvalue weighted by Crippen LogP contribution is 2.34. The molecule has 0 amide bonds. The Morgan fingerprint density at radius 1 is 0.682 bits per heavy atom. The molecule has 1 aromatic heterocycles. The van der Waals surface area contributed by atoms with Crippen LogP contribution in [0.25, 0.3) is 27.5 Å². The minimum Gasteiger partial charge on any atom is -0.309 e. The van der Waals surface area contributed by atoms with Gasteiger partial charge in [-0.15, -0.1) is 0 Å². The summed E-state index contributed by atoms with van der Waals surface area (Å²) in [5, 5.41) is 2.57. The molecule has 0 bridgehead atoms. The zero-order valence-electron chi connectivity index (χ0n) is 12.0. The fourth-order valence-electron chi connectivity index (χ4n) is 2.98. The van der Waals surface area contributed by atoms with Gasteiger partial charge < -0.3 is 4.57 Å². The Kier molecular flexibility index (Phi) is 3.35. The van der Waals surface area contributed by atoms with Gasteiger partial charge in [-0.3, -0.25) is 0 Å². The predicted molar refractivity (Wildman–Crippen MR) is 101 cm³/mol. The van der Waals surface area contributed by atoms with Crippen molar-refractivity contribution < 1.29 is 0 Å². The quantitative estimate of drug-likeness (QED) is 0.330. The van der Waals surface area contributed by atoms with Crippen LogP contribution in [0.15, 0.2) is 69.6 Å². The van der Waals surface area contributed by atoms with Crippen LogP contribution in [0.4, 0.5) is 0 Å². The van der Waals surface area contributed by atoms with Crippen molar-refractivity contribution in [3.05, 3.63) is 75.2 Å². The van der Waals surface area contributed by atoms with Gasteiger partial charge in [0.1, 0.15) is 0 Å². The van der Waals surface area contributed by atoms with Gasteiger partial charge in [0.15, 0.2) is 0 Å². The molecule has 0 aliphatic heterocycles. The van der Waals surface area contributed by atoms with Crippen molar-refractivity contribution in [1.29, 1.82) is 0 Å². The van der Waals surface area contributed by atoms with Crippen LogP contribution in [-0.2, 0) is 0 Å². The van der Waals surface area contributed by atoms with Crippen LogP contribution in [0.1, 0.15) is 5.56 Å². The number of benzene rings is 3. The van der Waals surface area contributed by atoms with E-state index in [-0.39, 0.29) is 0 Å². The summed E-state index contributed by atoms with van der Waals surface area (Å²) in [6, 6.07) is 21.6. The molecule has 3 heteroatoms. The maximum atomic E-state index is 3.60. The van der Waals surface area contributed by atoms with Crippen molar-refractivity contribution in [2.45, 2.75) is 6.92 Å². The van der Waals surface area contributed by atoms with Gasteiger partial charge in [-0.05, 0) is 61.5 Å². The molecule has 4 aromatic rings. The van der Waals surface area contributed by atoms with Gasteiger partial charge >= 0.3 is 0 Å². The summed E-state index contributed by atoms with van der Waals surface area (Å²) in [5.41, 5.74) is 4.92. The van der Waals surface area contributed by atoms with E-state index in [2.05, 4.69) is 104 Å². The van der Waals surface area contributed by atoms with E-state index in [9.17, 15) is 0 Å². The second-order valence-electron chi connectivity index (χ2n) is 5.49. The summed E-state index contributed by atoms with van der Waals surface area (Å²) in [6.07, 6.45) is 0. The van der Waals surface area contributed by atoms with Crippen LogP contribution >= 0.6 is 31.9 Å². The van der Waals surface area contributed by atoms with Gasteiger partial charge in [-0.2, -0.15) is 0 Å². The third-order valence-electron chi connectivity index (χ3n) is 3.97. The maximum absolute atomic E-state index is 3.60. The molecule has 1 heterocycles. The van der Waals surface area contributed by atoms with Crippen molar-refractivity contribution in [2.24, 2.45) is 0 Å². The van der Waals surface area contributed by atoms with Gasteiger partial charge in [-0.25, -0.2) is 0 Å². The summed E-state index contributed by atoms with van der Waals surface area (Å²) >= 11 is 7.11. The molecule has 0 fully saturated rings. The first-order chi connectivity index (χ1) is 10.6. The van der Waals surface area contributed by atoms with E-state index in [1.165, 1.54) is 33.1 Å². The lowest BCUT2D eigenvalue weighted by atomic mass is 10.1. The summed E-state index contributed by atoms with van der Waals surface area (Å²) in [6.45, 7) is 2.14. The lowest BCUT2D eigenvalue weighted by Gasteiger charge is -2.08. The van der Waals surface area contributed by atoms with E-state index < -0.39 is 0 Å². The molecule has 4 rings (SSSR count). The van der Waals surface area contributed by atoms with Gasteiger partial charge in [0.2, 0.25) is 0 Å². The molecule has 0 radical (unpaired) electrons. The van der Waals surface area contributed by atoms with Crippen molar-refractivity contribution in [3.63, 3.8) is 0 Å². The van der Waals surface area contributed by atoms with Crippen molar-refractivity contribution >= 4 is 53.7 Å². The lowest BCUT2D eigenvalue weighted by Crippen LogP contribution is -1.93. The molecule has 0 spiro atoms. The number of rotatable bonds is 1. The number of aryl methyl sites for hydroxylation is 1. The third kappa shape index (κ3) is 2.20. The fraction of sp³-hybridized carbons (Fsp3) is 0.0526. The molecule has 3 aromatic carbocycles. The number of halogens is 2. The van der Waals surface area contributed by atoms with E-state index >= 15 is 0 Å². The van der Waals surface area contributed by atoms with Crippen molar-refractivity contribution in [3.8, 4) is 5.69 Å². The van der Waals surface area contributed by atoms with E-state index in [0.717, 1.165) is 8.95 Å². The van der Waals surface area contributed by atoms with Crippen LogP contribution in [0.2, 0.25) is 0 Å². The molecule has 22 heavy (non-hydrogen) atoms. The van der Waals surface area contributed by atoms with Crippen LogP contribution in [0.5, 0.6) is 0 Å². The number of nitrogens with zero attached hydrogens (tertiary/aromatic N) is 1. The van der Waals surface area contributed by atoms with Gasteiger partial charge in [0, 0.05) is 25.4 Å². The maximum Gasteiger partial charge on any atom is 0.0541 e. The lowest BCUT2D eigenvalue weighted by molar-refractivity contribution is 1.18.